The highest BCUT2D eigenvalue weighted by Crippen LogP contribution is 2.07. The number of aliphatic hydroxyl groups is 1. The summed E-state index contributed by atoms with van der Waals surface area (Å²) in [5.74, 6) is 2.51. The molecular formula is C8H6BrNO. The van der Waals surface area contributed by atoms with Gasteiger partial charge in [0.15, 0.2) is 0 Å². The van der Waals surface area contributed by atoms with E-state index >= 15 is 0 Å². The Hall–Kier alpha value is -1.01. The molecule has 3 heteroatoms. The lowest BCUT2D eigenvalue weighted by Gasteiger charge is -1.92. The van der Waals surface area contributed by atoms with Crippen molar-refractivity contribution >= 4 is 15.9 Å². The summed E-state index contributed by atoms with van der Waals surface area (Å²) in [4.78, 5) is 4.06. The number of aliphatic hydroxyl groups excluding tert-OH is 1. The monoisotopic (exact) mass is 211 g/mol. The van der Waals surface area contributed by atoms with E-state index in [9.17, 15) is 0 Å². The van der Waals surface area contributed by atoms with E-state index in [1.807, 2.05) is 18.2 Å². The first-order chi connectivity index (χ1) is 5.33. The van der Waals surface area contributed by atoms with Crippen molar-refractivity contribution in [3.8, 4) is 12.0 Å². The molecule has 0 aliphatic heterocycles. The van der Waals surface area contributed by atoms with E-state index in [0.717, 1.165) is 10.2 Å². The van der Waals surface area contributed by atoms with Crippen LogP contribution in [0, 0.1) is 12.0 Å². The number of hydrogen-bond donors (Lipinski definition) is 1. The molecule has 0 amide bonds. The van der Waals surface area contributed by atoms with Gasteiger partial charge in [-0.25, -0.2) is 0 Å². The zero-order chi connectivity index (χ0) is 8.10. The third-order valence-corrected chi connectivity index (χ3v) is 1.61. The van der Waals surface area contributed by atoms with Crippen LogP contribution in [0.1, 0.15) is 5.69 Å². The van der Waals surface area contributed by atoms with Gasteiger partial charge in [0.1, 0.15) is 6.11 Å². The van der Waals surface area contributed by atoms with Gasteiger partial charge in [0.05, 0.1) is 12.1 Å². The van der Waals surface area contributed by atoms with E-state index in [2.05, 4.69) is 26.8 Å². The van der Waals surface area contributed by atoms with Crippen molar-refractivity contribution < 1.29 is 5.11 Å². The lowest BCUT2D eigenvalue weighted by molar-refractivity contribution is 0.516. The minimum atomic E-state index is 0.490. The normalized spacial score (nSPS) is 8.45. The van der Waals surface area contributed by atoms with Gasteiger partial charge in [-0.05, 0) is 28.1 Å². The SMILES string of the molecule is OC#CCc1ccc(Br)cn1. The number of nitrogens with zero attached hydrogens (tertiary/aromatic N) is 1. The molecule has 0 saturated carbocycles. The molecule has 0 unspecified atom stereocenters. The molecule has 0 spiro atoms. The van der Waals surface area contributed by atoms with Gasteiger partial charge in [-0.15, -0.1) is 0 Å². The molecule has 2 nitrogen and oxygen atoms in total. The first-order valence-corrected chi connectivity index (χ1v) is 3.84. The number of aromatic nitrogens is 1. The Bertz CT molecular complexity index is 283. The average molecular weight is 212 g/mol. The van der Waals surface area contributed by atoms with E-state index in [-0.39, 0.29) is 0 Å². The van der Waals surface area contributed by atoms with Gasteiger partial charge in [-0.1, -0.05) is 5.92 Å². The lowest BCUT2D eigenvalue weighted by Crippen LogP contribution is -1.85. The summed E-state index contributed by atoms with van der Waals surface area (Å²) in [5.41, 5.74) is 0.856. The number of rotatable bonds is 1. The first-order valence-electron chi connectivity index (χ1n) is 3.05. The second-order valence-corrected chi connectivity index (χ2v) is 2.85. The Morgan fingerprint density at radius 3 is 2.91 bits per heavy atom. The molecule has 1 aromatic heterocycles. The zero-order valence-corrected chi connectivity index (χ0v) is 7.30. The summed E-state index contributed by atoms with van der Waals surface area (Å²) in [5, 5.41) is 8.18. The topological polar surface area (TPSA) is 33.1 Å². The quantitative estimate of drug-likeness (QED) is 0.719. The van der Waals surface area contributed by atoms with Crippen LogP contribution in [0.3, 0.4) is 0 Å². The van der Waals surface area contributed by atoms with Gasteiger partial charge in [0.2, 0.25) is 0 Å². The molecule has 56 valence electrons. The Balaban J connectivity index is 2.71. The van der Waals surface area contributed by atoms with Gasteiger partial charge >= 0.3 is 0 Å². The van der Waals surface area contributed by atoms with Crippen LogP contribution in [-0.4, -0.2) is 10.1 Å². The second-order valence-electron chi connectivity index (χ2n) is 1.93. The first kappa shape index (κ1) is 8.09. The molecule has 0 aromatic carbocycles. The van der Waals surface area contributed by atoms with Crippen molar-refractivity contribution in [1.82, 2.24) is 4.98 Å². The van der Waals surface area contributed by atoms with Crippen LogP contribution in [0.25, 0.3) is 0 Å². The summed E-state index contributed by atoms with van der Waals surface area (Å²) in [6.07, 6.45) is 4.02. The van der Waals surface area contributed by atoms with Crippen LogP contribution in [0.2, 0.25) is 0 Å². The molecule has 0 aliphatic carbocycles. The molecule has 0 bridgehead atoms. The van der Waals surface area contributed by atoms with Crippen molar-refractivity contribution in [2.45, 2.75) is 6.42 Å². The second kappa shape index (κ2) is 3.99. The molecule has 1 N–H and O–H groups in total. The van der Waals surface area contributed by atoms with E-state index < -0.39 is 0 Å². The zero-order valence-electron chi connectivity index (χ0n) is 5.71. The van der Waals surface area contributed by atoms with Crippen LogP contribution in [-0.2, 0) is 6.42 Å². The molecule has 0 radical (unpaired) electrons. The van der Waals surface area contributed by atoms with Crippen molar-refractivity contribution in [2.24, 2.45) is 0 Å². The molecular weight excluding hydrogens is 206 g/mol. The van der Waals surface area contributed by atoms with E-state index in [0.29, 0.717) is 6.42 Å². The van der Waals surface area contributed by atoms with Crippen molar-refractivity contribution in [3.63, 3.8) is 0 Å². The number of pyridine rings is 1. The highest BCUT2D eigenvalue weighted by Gasteiger charge is 1.90. The molecule has 1 rings (SSSR count). The summed E-state index contributed by atoms with van der Waals surface area (Å²) in [6, 6.07) is 3.75. The van der Waals surface area contributed by atoms with Crippen molar-refractivity contribution in [2.75, 3.05) is 0 Å². The van der Waals surface area contributed by atoms with E-state index in [1.165, 1.54) is 0 Å². The van der Waals surface area contributed by atoms with Crippen LogP contribution >= 0.6 is 15.9 Å². The van der Waals surface area contributed by atoms with Gasteiger partial charge in [0.25, 0.3) is 0 Å². The van der Waals surface area contributed by atoms with Crippen LogP contribution in [0.15, 0.2) is 22.8 Å². The third-order valence-electron chi connectivity index (χ3n) is 1.14. The smallest absolute Gasteiger partial charge is 0.107 e. The summed E-state index contributed by atoms with van der Waals surface area (Å²) in [6.45, 7) is 0. The minimum absolute atomic E-state index is 0.490. The number of hydrogen-bond acceptors (Lipinski definition) is 2. The fourth-order valence-corrected chi connectivity index (χ4v) is 0.876. The summed E-state index contributed by atoms with van der Waals surface area (Å²) < 4.78 is 0.943. The maximum absolute atomic E-state index is 8.18. The molecule has 11 heavy (non-hydrogen) atoms. The maximum atomic E-state index is 8.18. The predicted molar refractivity (Wildman–Crippen MR) is 45.4 cm³/mol. The predicted octanol–water partition coefficient (Wildman–Crippen LogP) is 1.72. The molecule has 0 atom stereocenters. The molecule has 1 heterocycles. The number of halogens is 1. The summed E-state index contributed by atoms with van der Waals surface area (Å²) >= 11 is 3.27. The Morgan fingerprint density at radius 2 is 2.36 bits per heavy atom. The van der Waals surface area contributed by atoms with Gasteiger partial charge < -0.3 is 5.11 Å². The molecule has 0 saturated heterocycles. The molecule has 0 aliphatic rings. The van der Waals surface area contributed by atoms with E-state index in [1.54, 1.807) is 6.20 Å². The summed E-state index contributed by atoms with van der Waals surface area (Å²) in [7, 11) is 0. The standard InChI is InChI=1S/C8H6BrNO/c9-7-3-4-8(10-6-7)2-1-5-11/h3-4,6,11H,2H2. The molecule has 1 aromatic rings. The fourth-order valence-electron chi connectivity index (χ4n) is 0.641. The Labute approximate surface area is 73.4 Å². The van der Waals surface area contributed by atoms with Crippen LogP contribution in [0.5, 0.6) is 0 Å². The highest BCUT2D eigenvalue weighted by molar-refractivity contribution is 9.10. The maximum Gasteiger partial charge on any atom is 0.107 e. The minimum Gasteiger partial charge on any atom is -0.462 e. The van der Waals surface area contributed by atoms with Gasteiger partial charge in [-0.2, -0.15) is 0 Å². The lowest BCUT2D eigenvalue weighted by atomic mass is 10.3. The third kappa shape index (κ3) is 2.60. The van der Waals surface area contributed by atoms with Gasteiger partial charge in [-0.3, -0.25) is 4.98 Å². The fraction of sp³-hybridized carbons (Fsp3) is 0.125. The van der Waals surface area contributed by atoms with Gasteiger partial charge in [0, 0.05) is 10.7 Å². The van der Waals surface area contributed by atoms with Crippen molar-refractivity contribution in [1.29, 1.82) is 0 Å². The highest BCUT2D eigenvalue weighted by atomic mass is 79.9. The molecule has 0 fully saturated rings. The average Bonchev–Trinajstić information content (AvgIpc) is 2.04. The van der Waals surface area contributed by atoms with Crippen LogP contribution in [0.4, 0.5) is 0 Å². The largest absolute Gasteiger partial charge is 0.462 e. The Morgan fingerprint density at radius 1 is 1.55 bits per heavy atom. The van der Waals surface area contributed by atoms with Crippen molar-refractivity contribution in [3.05, 3.63) is 28.5 Å². The van der Waals surface area contributed by atoms with E-state index in [4.69, 9.17) is 5.11 Å². The Kier molecular flexibility index (Phi) is 2.94. The van der Waals surface area contributed by atoms with Crippen LogP contribution < -0.4 is 0 Å².